The van der Waals surface area contributed by atoms with Gasteiger partial charge in [0, 0.05) is 27.4 Å². The molecule has 1 aliphatic carbocycles. The normalized spacial score (nSPS) is 15.6. The molecule has 0 N–H and O–H groups in total. The lowest BCUT2D eigenvalue weighted by molar-refractivity contribution is 0.108. The maximum atomic E-state index is 8.00. The molecule has 1 spiro atoms. The molecule has 0 aromatic rings. The van der Waals surface area contributed by atoms with Crippen LogP contribution in [-0.4, -0.2) is 18.5 Å². The van der Waals surface area contributed by atoms with Gasteiger partial charge in [-0.3, -0.25) is 9.70 Å². The molecule has 0 amide bonds. The first-order chi connectivity index (χ1) is 6.41. The zero-order chi connectivity index (χ0) is 10.7. The lowest BCUT2D eigenvalue weighted by Crippen LogP contribution is -2.09. The summed E-state index contributed by atoms with van der Waals surface area (Å²) in [5, 5.41) is 0. The summed E-state index contributed by atoms with van der Waals surface area (Å²) < 4.78 is 53.2. The quantitative estimate of drug-likeness (QED) is 0.595. The van der Waals surface area contributed by atoms with Crippen molar-refractivity contribution in [2.75, 3.05) is 6.54 Å². The molecular formula is C6H12F7NO. The van der Waals surface area contributed by atoms with E-state index in [1.54, 1.807) is 6.40 Å². The second kappa shape index (κ2) is 15.5. The van der Waals surface area contributed by atoms with Crippen LogP contribution in [0.5, 0.6) is 0 Å². The van der Waals surface area contributed by atoms with Crippen LogP contribution in [0.1, 0.15) is 20.3 Å². The average Bonchev–Trinajstić information content (AvgIpc) is 2.84. The Hall–Kier alpha value is -1.02. The maximum absolute atomic E-state index is 8.00. The molecule has 0 aromatic heterocycles. The summed E-state index contributed by atoms with van der Waals surface area (Å²) in [5.74, 6) is 0. The predicted octanol–water partition coefficient (Wildman–Crippen LogP) is 3.89. The molecule has 0 atom stereocenters. The zero-order valence-electron chi connectivity index (χ0n) is 6.73. The molecule has 2 rings (SSSR count). The van der Waals surface area contributed by atoms with E-state index in [-0.39, 0.29) is 17.7 Å². The highest BCUT2D eigenvalue weighted by atomic mass is 20.0. The van der Waals surface area contributed by atoms with E-state index in [4.69, 9.17) is 32.2 Å². The molecule has 0 aromatic carbocycles. The summed E-state index contributed by atoms with van der Waals surface area (Å²) in [6.45, 7) is 0.910. The minimum atomic E-state index is 0. The summed E-state index contributed by atoms with van der Waals surface area (Å²) in [5.41, 5.74) is 0.222. The summed E-state index contributed by atoms with van der Waals surface area (Å²) in [6.07, 6.45) is 4.01. The number of hydrogen-bond acceptors (Lipinski definition) is 2. The van der Waals surface area contributed by atoms with Gasteiger partial charge in [0.2, 0.25) is 0 Å². The van der Waals surface area contributed by atoms with Crippen LogP contribution >= 0.6 is 0 Å². The Labute approximate surface area is 81.9 Å². The van der Waals surface area contributed by atoms with Gasteiger partial charge >= 0.3 is 0 Å². The number of aliphatic imine (C=N–C) groups is 1. The van der Waals surface area contributed by atoms with Gasteiger partial charge in [0.25, 0.3) is 0 Å². The monoisotopic (exact) mass is 247 g/mol. The topological polar surface area (TPSA) is 21.6 Å². The Kier molecular flexibility index (Phi) is 24.4. The Morgan fingerprint density at radius 1 is 1.00 bits per heavy atom. The van der Waals surface area contributed by atoms with Crippen LogP contribution in [0.15, 0.2) is 4.99 Å². The molecule has 1 saturated carbocycles. The minimum absolute atomic E-state index is 0. The van der Waals surface area contributed by atoms with Crippen molar-refractivity contribution in [3.63, 3.8) is 0 Å². The average molecular weight is 247 g/mol. The van der Waals surface area contributed by atoms with Gasteiger partial charge in [-0.1, -0.05) is 7.43 Å². The summed E-state index contributed by atoms with van der Waals surface area (Å²) >= 11 is 0. The van der Waals surface area contributed by atoms with Gasteiger partial charge < -0.3 is 4.74 Å². The lowest BCUT2D eigenvalue weighted by atomic mass is 10.4. The Morgan fingerprint density at radius 3 is 1.53 bits per heavy atom. The first-order valence-electron chi connectivity index (χ1n) is 3.00. The van der Waals surface area contributed by atoms with Gasteiger partial charge in [-0.25, -0.2) is 0 Å². The first kappa shape index (κ1) is 23.6. The molecular weight excluding hydrogens is 235 g/mol. The van der Waals surface area contributed by atoms with Gasteiger partial charge in [0.1, 0.15) is 5.60 Å². The third-order valence-electron chi connectivity index (χ3n) is 1.56. The van der Waals surface area contributed by atoms with Crippen LogP contribution in [0.2, 0.25) is 0 Å². The van der Waals surface area contributed by atoms with Gasteiger partial charge in [-0.15, -0.1) is 0 Å². The highest BCUT2D eigenvalue weighted by Gasteiger charge is 2.46. The largest absolute Gasteiger partial charge is 0.475 e. The summed E-state index contributed by atoms with van der Waals surface area (Å²) in [6, 6.07) is 0. The minimum Gasteiger partial charge on any atom is -0.475 e. The van der Waals surface area contributed by atoms with Gasteiger partial charge in [-0.2, -0.15) is 0 Å². The van der Waals surface area contributed by atoms with Crippen LogP contribution in [0.25, 0.3) is 0 Å². The smallest absolute Gasteiger partial charge is 0.170 e. The fourth-order valence-electron chi connectivity index (χ4n) is 0.805. The van der Waals surface area contributed by atoms with Crippen molar-refractivity contribution in [3.05, 3.63) is 0 Å². The number of nitrogens with zero attached hydrogens (tertiary/aromatic N) is 1. The lowest BCUT2D eigenvalue weighted by Gasteiger charge is -2.00. The fourth-order valence-corrected chi connectivity index (χ4v) is 0.805. The van der Waals surface area contributed by atoms with Gasteiger partial charge in [0.05, 0.1) is 6.54 Å². The van der Waals surface area contributed by atoms with E-state index in [1.165, 1.54) is 12.8 Å². The molecule has 0 saturated heterocycles. The van der Waals surface area contributed by atoms with E-state index in [9.17, 15) is 0 Å². The Morgan fingerprint density at radius 2 is 1.40 bits per heavy atom. The second-order valence-electron chi connectivity index (χ2n) is 2.25. The van der Waals surface area contributed by atoms with Gasteiger partial charge in [-0.05, 0) is 12.8 Å². The van der Waals surface area contributed by atoms with Crippen molar-refractivity contribution in [1.29, 1.82) is 0 Å². The number of halogens is 7. The van der Waals surface area contributed by atoms with Gasteiger partial charge in [0.15, 0.2) is 6.40 Å². The molecule has 15 heavy (non-hydrogen) atoms. The number of hydrogen-bond donors (Lipinski definition) is 0. The molecule has 1 fully saturated rings. The molecule has 96 valence electrons. The van der Waals surface area contributed by atoms with E-state index < -0.39 is 0 Å². The molecule has 0 unspecified atom stereocenters. The second-order valence-corrected chi connectivity index (χ2v) is 2.25. The van der Waals surface area contributed by atoms with Crippen LogP contribution in [0.3, 0.4) is 0 Å². The molecule has 1 aliphatic heterocycles. The van der Waals surface area contributed by atoms with Crippen molar-refractivity contribution < 1.29 is 36.9 Å². The molecule has 2 aliphatic rings. The highest BCUT2D eigenvalue weighted by Crippen LogP contribution is 2.41. The first-order valence-corrected chi connectivity index (χ1v) is 3.00. The van der Waals surface area contributed by atoms with Crippen LogP contribution in [0.4, 0.5) is 32.1 Å². The van der Waals surface area contributed by atoms with E-state index in [0.29, 0.717) is 0 Å². The molecule has 2 nitrogen and oxygen atoms in total. The van der Waals surface area contributed by atoms with E-state index in [2.05, 4.69) is 4.99 Å². The summed E-state index contributed by atoms with van der Waals surface area (Å²) in [4.78, 5) is 3.95. The van der Waals surface area contributed by atoms with Crippen LogP contribution in [-0.2, 0) is 4.74 Å². The fraction of sp³-hybridized carbons (Fsp3) is 0.833. The maximum Gasteiger partial charge on any atom is 0.170 e. The Bertz CT molecular complexity index is 121. The third kappa shape index (κ3) is 9.29. The van der Waals surface area contributed by atoms with Crippen molar-refractivity contribution in [1.82, 2.24) is 0 Å². The van der Waals surface area contributed by atoms with E-state index in [1.807, 2.05) is 0 Å². The number of rotatable bonds is 0. The predicted molar refractivity (Wildman–Crippen MR) is 42.3 cm³/mol. The van der Waals surface area contributed by atoms with Crippen LogP contribution in [0, 0.1) is 0 Å². The van der Waals surface area contributed by atoms with Crippen molar-refractivity contribution in [3.8, 4) is 0 Å². The van der Waals surface area contributed by atoms with E-state index >= 15 is 0 Å². The van der Waals surface area contributed by atoms with Crippen molar-refractivity contribution >= 4 is 6.40 Å². The highest BCUT2D eigenvalue weighted by molar-refractivity contribution is 5.51. The van der Waals surface area contributed by atoms with Crippen LogP contribution < -0.4 is 0 Å². The third-order valence-corrected chi connectivity index (χ3v) is 1.56. The van der Waals surface area contributed by atoms with E-state index in [0.717, 1.165) is 6.54 Å². The summed E-state index contributed by atoms with van der Waals surface area (Å²) in [7, 11) is 0. The molecule has 0 bridgehead atoms. The van der Waals surface area contributed by atoms with Crippen molar-refractivity contribution in [2.24, 2.45) is 4.99 Å². The SMILES string of the molecule is C.C1=NCC2(CC2)O1.F.FF.FF.FF. The Balaban J connectivity index is -0.0000000677. The zero-order valence-corrected chi connectivity index (χ0v) is 6.73. The standard InChI is InChI=1S/C5H7NO.CH4.3F2.FH/c1-2-5(1)3-6-4-7-5;;3*1-2;/h4H,1-3H2;1H4;;;;1H. The molecule has 9 heteroatoms. The number of ether oxygens (including phenoxy) is 1. The molecule has 0 radical (unpaired) electrons. The van der Waals surface area contributed by atoms with Crippen molar-refractivity contribution in [2.45, 2.75) is 25.9 Å². The molecule has 1 heterocycles.